The first-order valence-corrected chi connectivity index (χ1v) is 12.5. The van der Waals surface area contributed by atoms with Crippen LogP contribution in [0.3, 0.4) is 0 Å². The third-order valence-corrected chi connectivity index (χ3v) is 5.08. The molecule has 1 atom stereocenters. The van der Waals surface area contributed by atoms with Crippen molar-refractivity contribution in [2.75, 3.05) is 6.54 Å². The van der Waals surface area contributed by atoms with Gasteiger partial charge in [-0.05, 0) is 24.5 Å². The number of amides is 3. The summed E-state index contributed by atoms with van der Waals surface area (Å²) < 4.78 is 5.27. The maximum atomic E-state index is 12.9. The molecule has 0 aliphatic heterocycles. The predicted octanol–water partition coefficient (Wildman–Crippen LogP) is 2.84. The van der Waals surface area contributed by atoms with E-state index in [0.717, 1.165) is 11.1 Å². The average molecular weight is 523 g/mol. The minimum Gasteiger partial charge on any atom is -0.595 e. The van der Waals surface area contributed by atoms with E-state index < -0.39 is 35.7 Å². The van der Waals surface area contributed by atoms with Crippen molar-refractivity contribution in [1.82, 2.24) is 16.1 Å². The zero-order chi connectivity index (χ0) is 28.1. The van der Waals surface area contributed by atoms with Gasteiger partial charge in [0, 0.05) is 5.60 Å². The molecule has 0 radical (unpaired) electrons. The number of nitrogens with one attached hydrogen (secondary N) is 3. The van der Waals surface area contributed by atoms with Gasteiger partial charge in [0.15, 0.2) is 0 Å². The molecule has 0 saturated carbocycles. The molecule has 0 aromatic heterocycles. The molecule has 10 nitrogen and oxygen atoms in total. The molecule has 0 fully saturated rings. The van der Waals surface area contributed by atoms with Gasteiger partial charge in [-0.25, -0.2) is 10.2 Å². The van der Waals surface area contributed by atoms with Crippen LogP contribution in [0.2, 0.25) is 0 Å². The molecule has 0 spiro atoms. The Labute approximate surface area is 223 Å². The summed E-state index contributed by atoms with van der Waals surface area (Å²) in [5.41, 5.74) is 3.06. The molecule has 1 unspecified atom stereocenters. The Hall–Kier alpha value is -4.21. The summed E-state index contributed by atoms with van der Waals surface area (Å²) in [7, 11) is 0. The first-order valence-electron chi connectivity index (χ1n) is 12.5. The molecule has 2 aromatic rings. The number of urea groups is 1. The van der Waals surface area contributed by atoms with Crippen molar-refractivity contribution in [2.24, 2.45) is 10.1 Å². The number of carbonyl (C=O) groups is 3. The third kappa shape index (κ3) is 10.4. The highest BCUT2D eigenvalue weighted by Gasteiger charge is 2.24. The molecule has 0 bridgehead atoms. The van der Waals surface area contributed by atoms with Gasteiger partial charge >= 0.3 is 6.03 Å². The van der Waals surface area contributed by atoms with Crippen LogP contribution < -0.4 is 21.2 Å². The zero-order valence-electron chi connectivity index (χ0n) is 22.5. The van der Waals surface area contributed by atoms with Crippen LogP contribution in [0.4, 0.5) is 4.79 Å². The van der Waals surface area contributed by atoms with Gasteiger partial charge in [-0.3, -0.25) is 14.6 Å². The van der Waals surface area contributed by atoms with Crippen LogP contribution in [0.15, 0.2) is 70.8 Å². The second-order valence-corrected chi connectivity index (χ2v) is 9.64. The lowest BCUT2D eigenvalue weighted by atomic mass is 9.99. The topological polar surface area (TPSA) is 144 Å². The molecule has 0 saturated heterocycles. The lowest BCUT2D eigenvalue weighted by molar-refractivity contribution is -0.260. The predicted molar refractivity (Wildman–Crippen MR) is 144 cm³/mol. The van der Waals surface area contributed by atoms with Crippen molar-refractivity contribution in [2.45, 2.75) is 65.1 Å². The van der Waals surface area contributed by atoms with Crippen LogP contribution in [0, 0.1) is 0 Å². The van der Waals surface area contributed by atoms with Crippen LogP contribution in [-0.2, 0) is 14.3 Å². The molecule has 38 heavy (non-hydrogen) atoms. The van der Waals surface area contributed by atoms with E-state index in [0.29, 0.717) is 6.42 Å². The number of hydrazone groups is 1. The Bertz CT molecular complexity index is 1090. The fraction of sp³-hybridized carbons (Fsp3) is 0.393. The van der Waals surface area contributed by atoms with Crippen LogP contribution in [-0.4, -0.2) is 47.7 Å². The SMILES string of the molecule is CCCC(N=C([O-])OC(C)(C)C)C(=NNC(=O)NC(c1ccccc1)c1ccccc1)C(=O)NCC(C)=O. The molecular formula is C28H36N5O5-. The first kappa shape index (κ1) is 30.0. The monoisotopic (exact) mass is 522 g/mol. The van der Waals surface area contributed by atoms with E-state index in [1.54, 1.807) is 20.8 Å². The van der Waals surface area contributed by atoms with Gasteiger partial charge in [-0.2, -0.15) is 5.10 Å². The number of hydrogen-bond donors (Lipinski definition) is 3. The average Bonchev–Trinajstić information content (AvgIpc) is 2.86. The Morgan fingerprint density at radius 3 is 2.00 bits per heavy atom. The van der Waals surface area contributed by atoms with Gasteiger partial charge in [0.05, 0.1) is 12.6 Å². The van der Waals surface area contributed by atoms with Crippen molar-refractivity contribution in [1.29, 1.82) is 0 Å². The van der Waals surface area contributed by atoms with Crippen molar-refractivity contribution in [3.63, 3.8) is 0 Å². The molecule has 0 aliphatic rings. The number of rotatable bonds is 11. The molecule has 0 heterocycles. The highest BCUT2D eigenvalue weighted by atomic mass is 16.6. The van der Waals surface area contributed by atoms with E-state index in [4.69, 9.17) is 4.74 Å². The Kier molecular flexibility index (Phi) is 11.5. The van der Waals surface area contributed by atoms with E-state index in [1.807, 2.05) is 67.6 Å². The summed E-state index contributed by atoms with van der Waals surface area (Å²) >= 11 is 0. The van der Waals surface area contributed by atoms with Gasteiger partial charge in [-0.1, -0.05) is 94.8 Å². The van der Waals surface area contributed by atoms with Crippen molar-refractivity contribution >= 4 is 29.5 Å². The van der Waals surface area contributed by atoms with E-state index in [2.05, 4.69) is 26.2 Å². The number of benzene rings is 2. The maximum Gasteiger partial charge on any atom is 0.335 e. The third-order valence-electron chi connectivity index (χ3n) is 5.08. The number of aliphatic imine (C=N–C) groups is 1. The van der Waals surface area contributed by atoms with Crippen molar-refractivity contribution in [3.05, 3.63) is 71.8 Å². The number of nitrogens with zero attached hydrogens (tertiary/aromatic N) is 2. The standard InChI is InChI=1S/C28H37N5O5/c1-6-13-22(30-27(37)38-28(3,4)5)24(25(35)29-18-19(2)34)32-33-26(36)31-23(20-14-9-7-10-15-20)21-16-11-8-12-17-21/h7-12,14-17,22-23H,6,13,18H2,1-5H3,(H,29,35)(H,30,37)(H2,31,33,36)/p-1. The molecular weight excluding hydrogens is 486 g/mol. The maximum absolute atomic E-state index is 12.9. The van der Waals surface area contributed by atoms with Crippen LogP contribution >= 0.6 is 0 Å². The van der Waals surface area contributed by atoms with E-state index >= 15 is 0 Å². The molecule has 2 rings (SSSR count). The zero-order valence-corrected chi connectivity index (χ0v) is 22.5. The number of hydrogen-bond acceptors (Lipinski definition) is 7. The quantitative estimate of drug-likeness (QED) is 0.236. The number of ketones is 1. The van der Waals surface area contributed by atoms with Crippen molar-refractivity contribution < 1.29 is 24.2 Å². The fourth-order valence-electron chi connectivity index (χ4n) is 3.45. The minimum atomic E-state index is -0.999. The largest absolute Gasteiger partial charge is 0.595 e. The van der Waals surface area contributed by atoms with Crippen LogP contribution in [0.1, 0.15) is 64.6 Å². The Balaban J connectivity index is 2.34. The molecule has 3 N–H and O–H groups in total. The second-order valence-electron chi connectivity index (χ2n) is 9.64. The smallest absolute Gasteiger partial charge is 0.335 e. The van der Waals surface area contributed by atoms with Crippen LogP contribution in [0.25, 0.3) is 0 Å². The summed E-state index contributed by atoms with van der Waals surface area (Å²) in [6, 6.07) is 16.6. The number of ether oxygens (including phenoxy) is 1. The van der Waals surface area contributed by atoms with Crippen molar-refractivity contribution in [3.8, 4) is 0 Å². The molecule has 204 valence electrons. The molecule has 0 aliphatic carbocycles. The Morgan fingerprint density at radius 1 is 0.974 bits per heavy atom. The highest BCUT2D eigenvalue weighted by molar-refractivity contribution is 6.41. The first-order chi connectivity index (χ1) is 18.0. The summed E-state index contributed by atoms with van der Waals surface area (Å²) in [5, 5.41) is 21.8. The van der Waals surface area contributed by atoms with E-state index in [9.17, 15) is 19.5 Å². The summed E-state index contributed by atoms with van der Waals surface area (Å²) in [4.78, 5) is 41.3. The second kappa shape index (κ2) is 14.5. The van der Waals surface area contributed by atoms with Gasteiger partial charge < -0.3 is 20.5 Å². The number of carbonyl (C=O) groups excluding carboxylic acids is 3. The van der Waals surface area contributed by atoms with Gasteiger partial charge in [0.2, 0.25) is 0 Å². The summed E-state index contributed by atoms with van der Waals surface area (Å²) in [5.74, 6) is -0.998. The summed E-state index contributed by atoms with van der Waals surface area (Å²) in [6.45, 7) is 8.04. The summed E-state index contributed by atoms with van der Waals surface area (Å²) in [6.07, 6.45) is -0.0155. The molecule has 3 amide bonds. The van der Waals surface area contributed by atoms with E-state index in [1.165, 1.54) is 6.92 Å². The minimum absolute atomic E-state index is 0.218. The van der Waals surface area contributed by atoms with Gasteiger partial charge in [0.25, 0.3) is 5.91 Å². The highest BCUT2D eigenvalue weighted by Crippen LogP contribution is 2.21. The molecule has 10 heteroatoms. The lowest BCUT2D eigenvalue weighted by Gasteiger charge is -2.30. The van der Waals surface area contributed by atoms with Gasteiger partial charge in [-0.15, -0.1) is 0 Å². The lowest BCUT2D eigenvalue weighted by Crippen LogP contribution is -2.44. The Morgan fingerprint density at radius 2 is 1.53 bits per heavy atom. The normalized spacial score (nSPS) is 13.0. The molecule has 2 aromatic carbocycles. The van der Waals surface area contributed by atoms with E-state index in [-0.39, 0.29) is 24.5 Å². The van der Waals surface area contributed by atoms with Gasteiger partial charge in [0.1, 0.15) is 23.6 Å². The fourth-order valence-corrected chi connectivity index (χ4v) is 3.45. The number of Topliss-reactive ketones (excluding diaryl/α,β-unsaturated/α-hetero) is 1. The van der Waals surface area contributed by atoms with Crippen LogP contribution in [0.5, 0.6) is 0 Å².